The van der Waals surface area contributed by atoms with Crippen LogP contribution in [-0.2, 0) is 14.3 Å². The van der Waals surface area contributed by atoms with Crippen molar-refractivity contribution in [3.63, 3.8) is 0 Å². The van der Waals surface area contributed by atoms with Crippen LogP contribution in [-0.4, -0.2) is 41.5 Å². The molecule has 1 fully saturated rings. The van der Waals surface area contributed by atoms with Gasteiger partial charge in [0, 0.05) is 19.2 Å². The minimum Gasteiger partial charge on any atom is -0.452 e. The Kier molecular flexibility index (Phi) is 5.25. The second kappa shape index (κ2) is 7.57. The Morgan fingerprint density at radius 2 is 2.25 bits per heavy atom. The molecule has 0 N–H and O–H groups in total. The normalized spacial score (nSPS) is 18.2. The van der Waals surface area contributed by atoms with E-state index in [0.29, 0.717) is 5.92 Å². The molecule has 1 aliphatic rings. The summed E-state index contributed by atoms with van der Waals surface area (Å²) in [5.41, 5.74) is 0.907. The lowest BCUT2D eigenvalue weighted by Crippen LogP contribution is -2.41. The number of para-hydroxylation sites is 1. The van der Waals surface area contributed by atoms with Gasteiger partial charge in [-0.2, -0.15) is 0 Å². The Balaban J connectivity index is 1.50. The second-order valence-corrected chi connectivity index (χ2v) is 7.11. The molecule has 6 heteroatoms. The van der Waals surface area contributed by atoms with E-state index in [4.69, 9.17) is 4.74 Å². The number of nitrogens with zero attached hydrogens (tertiary/aromatic N) is 2. The van der Waals surface area contributed by atoms with E-state index < -0.39 is 5.97 Å². The van der Waals surface area contributed by atoms with E-state index in [-0.39, 0.29) is 12.5 Å². The molecule has 24 heavy (non-hydrogen) atoms. The fourth-order valence-corrected chi connectivity index (χ4v) is 3.66. The number of benzene rings is 1. The topological polar surface area (TPSA) is 59.5 Å². The van der Waals surface area contributed by atoms with E-state index >= 15 is 0 Å². The number of esters is 1. The van der Waals surface area contributed by atoms with Gasteiger partial charge in [0.1, 0.15) is 5.01 Å². The number of carbonyl (C=O) groups is 2. The zero-order chi connectivity index (χ0) is 16.9. The Morgan fingerprint density at radius 3 is 3.04 bits per heavy atom. The molecule has 0 saturated carbocycles. The lowest BCUT2D eigenvalue weighted by molar-refractivity contribution is -0.149. The summed E-state index contributed by atoms with van der Waals surface area (Å²) < 4.78 is 6.12. The van der Waals surface area contributed by atoms with Crippen molar-refractivity contribution in [1.82, 2.24) is 9.88 Å². The molecular weight excluding hydrogens is 324 g/mol. The van der Waals surface area contributed by atoms with Gasteiger partial charge >= 0.3 is 5.97 Å². The summed E-state index contributed by atoms with van der Waals surface area (Å²) in [7, 11) is 0. The number of piperidine rings is 1. The fourth-order valence-electron chi connectivity index (χ4n) is 2.79. The van der Waals surface area contributed by atoms with Crippen LogP contribution in [0.5, 0.6) is 0 Å². The molecule has 0 spiro atoms. The van der Waals surface area contributed by atoms with Crippen molar-refractivity contribution in [3.05, 3.63) is 35.3 Å². The first-order valence-electron chi connectivity index (χ1n) is 8.10. The molecule has 1 atom stereocenters. The minimum absolute atomic E-state index is 0.122. The van der Waals surface area contributed by atoms with Crippen LogP contribution >= 0.6 is 11.3 Å². The van der Waals surface area contributed by atoms with Crippen LogP contribution in [0, 0.1) is 5.92 Å². The Labute approximate surface area is 144 Å². The van der Waals surface area contributed by atoms with Gasteiger partial charge < -0.3 is 9.64 Å². The minimum atomic E-state index is -0.521. The van der Waals surface area contributed by atoms with Gasteiger partial charge in [0.25, 0.3) is 5.91 Å². The van der Waals surface area contributed by atoms with Crippen LogP contribution in [0.15, 0.2) is 30.3 Å². The van der Waals surface area contributed by atoms with Gasteiger partial charge in [0.05, 0.1) is 10.2 Å². The van der Waals surface area contributed by atoms with E-state index in [1.54, 1.807) is 11.0 Å². The molecule has 1 saturated heterocycles. The molecule has 1 aliphatic heterocycles. The Hall–Kier alpha value is -2.21. The third-order valence-corrected chi connectivity index (χ3v) is 5.02. The summed E-state index contributed by atoms with van der Waals surface area (Å²) in [6, 6.07) is 7.80. The zero-order valence-corrected chi connectivity index (χ0v) is 14.4. The molecular formula is C18H20N2O3S. The lowest BCUT2D eigenvalue weighted by atomic mass is 10.0. The summed E-state index contributed by atoms with van der Waals surface area (Å²) >= 11 is 1.51. The quantitative estimate of drug-likeness (QED) is 0.632. The van der Waals surface area contributed by atoms with Crippen molar-refractivity contribution >= 4 is 39.5 Å². The van der Waals surface area contributed by atoms with E-state index in [1.165, 1.54) is 17.4 Å². The smallest absolute Gasteiger partial charge is 0.331 e. The summed E-state index contributed by atoms with van der Waals surface area (Å²) in [4.78, 5) is 30.0. The summed E-state index contributed by atoms with van der Waals surface area (Å²) in [5.74, 6) is -0.131. The number of carbonyl (C=O) groups excluding carboxylic acids is 2. The largest absolute Gasteiger partial charge is 0.452 e. The first-order valence-corrected chi connectivity index (χ1v) is 8.91. The average Bonchev–Trinajstić information content (AvgIpc) is 3.00. The summed E-state index contributed by atoms with van der Waals surface area (Å²) in [6.07, 6.45) is 5.11. The third-order valence-electron chi connectivity index (χ3n) is 4.02. The SMILES string of the molecule is C[C@@H]1CCCN(C(=O)COC(=O)/C=C/c2nc3ccccc3s2)C1. The van der Waals surface area contributed by atoms with Crippen LogP contribution in [0.1, 0.15) is 24.8 Å². The number of hydrogen-bond donors (Lipinski definition) is 0. The number of likely N-dealkylation sites (tertiary alicyclic amines) is 1. The van der Waals surface area contributed by atoms with Crippen molar-refractivity contribution in [2.24, 2.45) is 5.92 Å². The molecule has 0 bridgehead atoms. The van der Waals surface area contributed by atoms with Gasteiger partial charge in [-0.15, -0.1) is 11.3 Å². The fraction of sp³-hybridized carbons (Fsp3) is 0.389. The molecule has 1 amide bonds. The van der Waals surface area contributed by atoms with E-state index in [1.807, 2.05) is 24.3 Å². The standard InChI is InChI=1S/C18H20N2O3S/c1-13-5-4-10-20(11-13)17(21)12-23-18(22)9-8-16-19-14-6-2-3-7-15(14)24-16/h2-3,6-9,13H,4-5,10-12H2,1H3/b9-8+/t13-/m1/s1. The Bertz CT molecular complexity index is 735. The van der Waals surface area contributed by atoms with Crippen molar-refractivity contribution in [2.75, 3.05) is 19.7 Å². The molecule has 1 aromatic carbocycles. The van der Waals surface area contributed by atoms with Gasteiger partial charge in [0.2, 0.25) is 0 Å². The second-order valence-electron chi connectivity index (χ2n) is 6.05. The zero-order valence-electron chi connectivity index (χ0n) is 13.6. The maximum atomic E-state index is 12.1. The van der Waals surface area contributed by atoms with E-state index in [0.717, 1.165) is 41.2 Å². The maximum Gasteiger partial charge on any atom is 0.331 e. The molecule has 2 heterocycles. The average molecular weight is 344 g/mol. The third kappa shape index (κ3) is 4.20. The predicted molar refractivity (Wildman–Crippen MR) is 94.6 cm³/mol. The number of ether oxygens (including phenoxy) is 1. The van der Waals surface area contributed by atoms with Crippen LogP contribution < -0.4 is 0 Å². The molecule has 3 rings (SSSR count). The van der Waals surface area contributed by atoms with Crippen LogP contribution in [0.3, 0.4) is 0 Å². The van der Waals surface area contributed by atoms with E-state index in [2.05, 4.69) is 11.9 Å². The number of aromatic nitrogens is 1. The number of thiazole rings is 1. The monoisotopic (exact) mass is 344 g/mol. The van der Waals surface area contributed by atoms with Crippen molar-refractivity contribution in [1.29, 1.82) is 0 Å². The van der Waals surface area contributed by atoms with Crippen molar-refractivity contribution in [2.45, 2.75) is 19.8 Å². The van der Waals surface area contributed by atoms with E-state index in [9.17, 15) is 9.59 Å². The van der Waals surface area contributed by atoms with Gasteiger partial charge in [0.15, 0.2) is 6.61 Å². The molecule has 2 aromatic rings. The molecule has 0 aliphatic carbocycles. The molecule has 1 aromatic heterocycles. The van der Waals surface area contributed by atoms with Crippen LogP contribution in [0.25, 0.3) is 16.3 Å². The Morgan fingerprint density at radius 1 is 1.42 bits per heavy atom. The van der Waals surface area contributed by atoms with Crippen LogP contribution in [0.2, 0.25) is 0 Å². The molecule has 126 valence electrons. The highest BCUT2D eigenvalue weighted by molar-refractivity contribution is 7.19. The first kappa shape index (κ1) is 16.6. The molecule has 0 unspecified atom stereocenters. The number of fused-ring (bicyclic) bond motifs is 1. The highest BCUT2D eigenvalue weighted by Gasteiger charge is 2.21. The molecule has 0 radical (unpaired) electrons. The first-order chi connectivity index (χ1) is 11.6. The summed E-state index contributed by atoms with van der Waals surface area (Å²) in [6.45, 7) is 3.43. The van der Waals surface area contributed by atoms with Gasteiger partial charge in [-0.25, -0.2) is 9.78 Å². The number of rotatable bonds is 4. The highest BCUT2D eigenvalue weighted by Crippen LogP contribution is 2.22. The number of amides is 1. The van der Waals surface area contributed by atoms with Gasteiger partial charge in [-0.05, 0) is 37.0 Å². The van der Waals surface area contributed by atoms with Crippen molar-refractivity contribution < 1.29 is 14.3 Å². The van der Waals surface area contributed by atoms with Gasteiger partial charge in [-0.3, -0.25) is 4.79 Å². The van der Waals surface area contributed by atoms with Crippen LogP contribution in [0.4, 0.5) is 0 Å². The molecule has 5 nitrogen and oxygen atoms in total. The lowest BCUT2D eigenvalue weighted by Gasteiger charge is -2.30. The summed E-state index contributed by atoms with van der Waals surface area (Å²) in [5, 5.41) is 0.740. The van der Waals surface area contributed by atoms with Crippen molar-refractivity contribution in [3.8, 4) is 0 Å². The predicted octanol–water partition coefficient (Wildman–Crippen LogP) is 3.11. The van der Waals surface area contributed by atoms with Gasteiger partial charge in [-0.1, -0.05) is 19.1 Å². The maximum absolute atomic E-state index is 12.1. The highest BCUT2D eigenvalue weighted by atomic mass is 32.1. The number of hydrogen-bond acceptors (Lipinski definition) is 5.